The number of fused-ring (bicyclic) bond motifs is 1. The van der Waals surface area contributed by atoms with E-state index in [0.29, 0.717) is 23.4 Å². The zero-order valence-electron chi connectivity index (χ0n) is 19.0. The first kappa shape index (κ1) is 23.5. The highest BCUT2D eigenvalue weighted by atomic mass is 32.1. The van der Waals surface area contributed by atoms with Crippen LogP contribution in [0.2, 0.25) is 0 Å². The molecule has 2 N–H and O–H groups in total. The number of H-pyrrole nitrogens is 1. The van der Waals surface area contributed by atoms with Gasteiger partial charge in [-0.2, -0.15) is 13.2 Å². The van der Waals surface area contributed by atoms with Gasteiger partial charge in [0.05, 0.1) is 28.0 Å². The average molecular weight is 500 g/mol. The van der Waals surface area contributed by atoms with E-state index in [0.717, 1.165) is 59.3 Å². The Morgan fingerprint density at radius 2 is 1.74 bits per heavy atom. The third-order valence-corrected chi connectivity index (χ3v) is 7.21. The molecule has 1 fully saturated rings. The number of aromatic nitrogens is 2. The standard InChI is InChI=1S/C25H24F3N5OS/c1-32-10-12-33(13-11-32)15-23(34)29-18-5-2-16(3-6-18)21-8-9-22(35-21)24-30-19-7-4-17(25(26,27)28)14-20(19)31-24/h2-9,14H,10-13,15H2,1H3,(H,29,34)(H,30,31). The molecule has 1 aliphatic rings. The minimum atomic E-state index is -4.40. The SMILES string of the molecule is CN1CCN(CC(=O)Nc2ccc(-c3ccc(-c4nc5ccc(C(F)(F)F)cc5[nH]4)s3)cc2)CC1. The molecule has 0 radical (unpaired) electrons. The Morgan fingerprint density at radius 3 is 2.46 bits per heavy atom. The maximum atomic E-state index is 13.0. The molecule has 0 bridgehead atoms. The number of amides is 1. The second-order valence-electron chi connectivity index (χ2n) is 8.68. The summed E-state index contributed by atoms with van der Waals surface area (Å²) in [6.45, 7) is 4.09. The van der Waals surface area contributed by atoms with Gasteiger partial charge in [-0.15, -0.1) is 11.3 Å². The van der Waals surface area contributed by atoms with E-state index in [9.17, 15) is 18.0 Å². The minimum absolute atomic E-state index is 0.0284. The molecule has 2 aromatic carbocycles. The average Bonchev–Trinajstić information content (AvgIpc) is 3.47. The molecule has 1 amide bonds. The maximum absolute atomic E-state index is 13.0. The lowest BCUT2D eigenvalue weighted by atomic mass is 10.1. The first-order valence-corrected chi connectivity index (χ1v) is 12.0. The number of likely N-dealkylation sites (N-methyl/N-ethyl adjacent to an activating group) is 1. The van der Waals surface area contributed by atoms with Crippen molar-refractivity contribution in [3.63, 3.8) is 0 Å². The molecule has 10 heteroatoms. The van der Waals surface area contributed by atoms with E-state index in [4.69, 9.17) is 0 Å². The summed E-state index contributed by atoms with van der Waals surface area (Å²) in [7, 11) is 2.08. The van der Waals surface area contributed by atoms with Gasteiger partial charge in [0.1, 0.15) is 5.82 Å². The predicted molar refractivity (Wildman–Crippen MR) is 132 cm³/mol. The number of piperazine rings is 1. The molecule has 0 unspecified atom stereocenters. The van der Waals surface area contributed by atoms with E-state index in [1.807, 2.05) is 36.4 Å². The number of carbonyl (C=O) groups is 1. The molecular weight excluding hydrogens is 475 g/mol. The van der Waals surface area contributed by atoms with Crippen LogP contribution < -0.4 is 5.32 Å². The second kappa shape index (κ2) is 9.44. The number of benzene rings is 2. The summed E-state index contributed by atoms with van der Waals surface area (Å²) in [5.74, 6) is 0.502. The Balaban J connectivity index is 1.25. The maximum Gasteiger partial charge on any atom is 0.416 e. The summed E-state index contributed by atoms with van der Waals surface area (Å²) in [6, 6.07) is 15.0. The normalized spacial score (nSPS) is 15.5. The van der Waals surface area contributed by atoms with Crippen molar-refractivity contribution in [1.29, 1.82) is 0 Å². The highest BCUT2D eigenvalue weighted by Gasteiger charge is 2.30. The molecule has 182 valence electrons. The van der Waals surface area contributed by atoms with Gasteiger partial charge in [-0.1, -0.05) is 12.1 Å². The highest BCUT2D eigenvalue weighted by molar-refractivity contribution is 7.18. The van der Waals surface area contributed by atoms with E-state index < -0.39 is 11.7 Å². The van der Waals surface area contributed by atoms with Gasteiger partial charge in [0.2, 0.25) is 5.91 Å². The fourth-order valence-corrected chi connectivity index (χ4v) is 5.01. The van der Waals surface area contributed by atoms with Gasteiger partial charge in [0.15, 0.2) is 0 Å². The van der Waals surface area contributed by atoms with Crippen LogP contribution in [0, 0.1) is 0 Å². The monoisotopic (exact) mass is 499 g/mol. The lowest BCUT2D eigenvalue weighted by Crippen LogP contribution is -2.47. The molecule has 1 saturated heterocycles. The van der Waals surface area contributed by atoms with Crippen molar-refractivity contribution < 1.29 is 18.0 Å². The first-order valence-electron chi connectivity index (χ1n) is 11.2. The van der Waals surface area contributed by atoms with Crippen molar-refractivity contribution in [1.82, 2.24) is 19.8 Å². The Hall–Kier alpha value is -3.21. The molecule has 5 rings (SSSR count). The van der Waals surface area contributed by atoms with E-state index in [-0.39, 0.29) is 5.91 Å². The number of aromatic amines is 1. The van der Waals surface area contributed by atoms with Crippen molar-refractivity contribution >= 4 is 34.0 Å². The molecule has 35 heavy (non-hydrogen) atoms. The Labute approximate surface area is 204 Å². The van der Waals surface area contributed by atoms with Crippen LogP contribution in [0.5, 0.6) is 0 Å². The summed E-state index contributed by atoms with van der Waals surface area (Å²) in [5, 5.41) is 2.95. The Bertz CT molecular complexity index is 1340. The minimum Gasteiger partial charge on any atom is -0.337 e. The van der Waals surface area contributed by atoms with Crippen LogP contribution in [0.3, 0.4) is 0 Å². The highest BCUT2D eigenvalue weighted by Crippen LogP contribution is 2.36. The summed E-state index contributed by atoms with van der Waals surface area (Å²) >= 11 is 1.49. The number of rotatable bonds is 5. The number of anilines is 1. The number of nitrogens with one attached hydrogen (secondary N) is 2. The van der Waals surface area contributed by atoms with Crippen LogP contribution in [-0.2, 0) is 11.0 Å². The van der Waals surface area contributed by atoms with Gasteiger partial charge in [0.25, 0.3) is 0 Å². The predicted octanol–water partition coefficient (Wildman–Crippen LogP) is 5.16. The summed E-state index contributed by atoms with van der Waals surface area (Å²) in [6.07, 6.45) is -4.40. The number of hydrogen-bond donors (Lipinski definition) is 2. The van der Waals surface area contributed by atoms with Crippen LogP contribution in [0.4, 0.5) is 18.9 Å². The third-order valence-electron chi connectivity index (χ3n) is 6.06. The van der Waals surface area contributed by atoms with Crippen LogP contribution in [0.15, 0.2) is 54.6 Å². The number of imidazole rings is 1. The summed E-state index contributed by atoms with van der Waals surface area (Å²) in [5.41, 5.74) is 1.85. The van der Waals surface area contributed by atoms with Crippen LogP contribution in [-0.4, -0.2) is 65.4 Å². The lowest BCUT2D eigenvalue weighted by molar-refractivity contribution is -0.137. The summed E-state index contributed by atoms with van der Waals surface area (Å²) in [4.78, 5) is 26.1. The fourth-order valence-electron chi connectivity index (χ4n) is 4.05. The number of carbonyl (C=O) groups excluding carboxylic acids is 1. The first-order chi connectivity index (χ1) is 16.7. The van der Waals surface area contributed by atoms with E-state index in [2.05, 4.69) is 32.1 Å². The molecule has 0 aliphatic carbocycles. The van der Waals surface area contributed by atoms with Gasteiger partial charge in [0, 0.05) is 36.7 Å². The van der Waals surface area contributed by atoms with Crippen LogP contribution in [0.1, 0.15) is 5.56 Å². The fraction of sp³-hybridized carbons (Fsp3) is 0.280. The van der Waals surface area contributed by atoms with Gasteiger partial charge in [-0.3, -0.25) is 9.69 Å². The van der Waals surface area contributed by atoms with Crippen molar-refractivity contribution in [2.24, 2.45) is 0 Å². The van der Waals surface area contributed by atoms with Gasteiger partial charge >= 0.3 is 6.18 Å². The largest absolute Gasteiger partial charge is 0.416 e. The van der Waals surface area contributed by atoms with Crippen LogP contribution in [0.25, 0.3) is 32.2 Å². The molecule has 3 heterocycles. The van der Waals surface area contributed by atoms with Crippen molar-refractivity contribution in [2.45, 2.75) is 6.18 Å². The molecule has 4 aromatic rings. The number of halogens is 3. The molecule has 0 saturated carbocycles. The van der Waals surface area contributed by atoms with Crippen molar-refractivity contribution in [3.8, 4) is 21.1 Å². The zero-order valence-corrected chi connectivity index (χ0v) is 19.8. The number of alkyl halides is 3. The molecule has 0 atom stereocenters. The Kier molecular flexibility index (Phi) is 6.35. The third kappa shape index (κ3) is 5.39. The van der Waals surface area contributed by atoms with Crippen molar-refractivity contribution in [3.05, 3.63) is 60.2 Å². The van der Waals surface area contributed by atoms with Crippen LogP contribution >= 0.6 is 11.3 Å². The lowest BCUT2D eigenvalue weighted by Gasteiger charge is -2.31. The quantitative estimate of drug-likeness (QED) is 0.398. The topological polar surface area (TPSA) is 64.3 Å². The molecule has 6 nitrogen and oxygen atoms in total. The zero-order chi connectivity index (χ0) is 24.6. The molecular formula is C25H24F3N5OS. The number of thiophene rings is 1. The van der Waals surface area contributed by atoms with Gasteiger partial charge in [-0.05, 0) is 55.1 Å². The van der Waals surface area contributed by atoms with Gasteiger partial charge in [-0.25, -0.2) is 4.98 Å². The summed E-state index contributed by atoms with van der Waals surface area (Å²) < 4.78 is 39.0. The van der Waals surface area contributed by atoms with E-state index >= 15 is 0 Å². The molecule has 0 spiro atoms. The Morgan fingerprint density at radius 1 is 1.03 bits per heavy atom. The molecule has 2 aromatic heterocycles. The van der Waals surface area contributed by atoms with E-state index in [1.54, 1.807) is 0 Å². The van der Waals surface area contributed by atoms with Gasteiger partial charge < -0.3 is 15.2 Å². The number of hydrogen-bond acceptors (Lipinski definition) is 5. The van der Waals surface area contributed by atoms with E-state index in [1.165, 1.54) is 17.4 Å². The number of nitrogens with zero attached hydrogens (tertiary/aromatic N) is 3. The second-order valence-corrected chi connectivity index (χ2v) is 9.77. The van der Waals surface area contributed by atoms with Crippen molar-refractivity contribution in [2.75, 3.05) is 45.1 Å². The molecule has 1 aliphatic heterocycles. The smallest absolute Gasteiger partial charge is 0.337 e.